The van der Waals surface area contributed by atoms with Crippen LogP contribution < -0.4 is 14.4 Å². The SMILES string of the molecule is COc1cc(C(=O)NS(=O)(=O)c2ccccc2C)ccc1Cc1cn(C(C)C)c2ccc(N(C(=O)O)C3CCCC3)cc12. The molecule has 0 unspecified atom stereocenters. The van der Waals surface area contributed by atoms with Crippen LogP contribution in [0.15, 0.2) is 71.8 Å². The first-order valence-corrected chi connectivity index (χ1v) is 15.9. The average molecular weight is 604 g/mol. The van der Waals surface area contributed by atoms with Crippen molar-refractivity contribution in [1.29, 1.82) is 0 Å². The Morgan fingerprint density at radius 2 is 1.77 bits per heavy atom. The molecule has 10 heteroatoms. The number of amides is 2. The quantitative estimate of drug-likeness (QED) is 0.221. The molecule has 0 saturated heterocycles. The Kier molecular flexibility index (Phi) is 8.50. The fourth-order valence-electron chi connectivity index (χ4n) is 6.00. The first-order chi connectivity index (χ1) is 20.5. The molecule has 1 aliphatic carbocycles. The number of hydrogen-bond acceptors (Lipinski definition) is 5. The number of hydrogen-bond donors (Lipinski definition) is 2. The second-order valence-corrected chi connectivity index (χ2v) is 13.0. The van der Waals surface area contributed by atoms with Gasteiger partial charge in [0.2, 0.25) is 0 Å². The zero-order chi connectivity index (χ0) is 30.9. The number of anilines is 1. The van der Waals surface area contributed by atoms with E-state index in [4.69, 9.17) is 4.74 Å². The molecule has 1 saturated carbocycles. The first kappa shape index (κ1) is 30.2. The monoisotopic (exact) mass is 603 g/mol. The topological polar surface area (TPSA) is 118 Å². The highest BCUT2D eigenvalue weighted by molar-refractivity contribution is 7.90. The lowest BCUT2D eigenvalue weighted by Crippen LogP contribution is -2.37. The number of benzene rings is 3. The Balaban J connectivity index is 1.47. The van der Waals surface area contributed by atoms with Gasteiger partial charge in [0.25, 0.3) is 15.9 Å². The Morgan fingerprint density at radius 1 is 1.05 bits per heavy atom. The number of nitrogens with one attached hydrogen (secondary N) is 1. The Morgan fingerprint density at radius 3 is 2.42 bits per heavy atom. The number of fused-ring (bicyclic) bond motifs is 1. The van der Waals surface area contributed by atoms with Gasteiger partial charge in [-0.05, 0) is 86.7 Å². The second-order valence-electron chi connectivity index (χ2n) is 11.4. The molecule has 5 rings (SSSR count). The van der Waals surface area contributed by atoms with Crippen LogP contribution in [0, 0.1) is 6.92 Å². The highest BCUT2D eigenvalue weighted by Gasteiger charge is 2.28. The van der Waals surface area contributed by atoms with E-state index in [0.717, 1.165) is 47.7 Å². The van der Waals surface area contributed by atoms with Crippen molar-refractivity contribution >= 4 is 38.6 Å². The number of sulfonamides is 1. The van der Waals surface area contributed by atoms with E-state index in [1.807, 2.05) is 18.2 Å². The Bertz CT molecular complexity index is 1790. The maximum atomic E-state index is 13.0. The van der Waals surface area contributed by atoms with E-state index in [1.54, 1.807) is 37.3 Å². The third-order valence-electron chi connectivity index (χ3n) is 8.17. The molecule has 0 spiro atoms. The van der Waals surface area contributed by atoms with Crippen molar-refractivity contribution < 1.29 is 27.9 Å². The molecule has 1 fully saturated rings. The number of carbonyl (C=O) groups is 2. The lowest BCUT2D eigenvalue weighted by molar-refractivity contribution is 0.0981. The third kappa shape index (κ3) is 6.10. The van der Waals surface area contributed by atoms with Crippen LogP contribution in [0.4, 0.5) is 10.5 Å². The number of nitrogens with zero attached hydrogens (tertiary/aromatic N) is 2. The fourth-order valence-corrected chi connectivity index (χ4v) is 7.22. The summed E-state index contributed by atoms with van der Waals surface area (Å²) in [6.45, 7) is 5.86. The summed E-state index contributed by atoms with van der Waals surface area (Å²) < 4.78 is 35.7. The molecule has 2 N–H and O–H groups in total. The van der Waals surface area contributed by atoms with Gasteiger partial charge in [-0.3, -0.25) is 9.69 Å². The minimum atomic E-state index is -4.06. The van der Waals surface area contributed by atoms with Gasteiger partial charge in [0.15, 0.2) is 0 Å². The molecule has 43 heavy (non-hydrogen) atoms. The van der Waals surface area contributed by atoms with Crippen LogP contribution >= 0.6 is 0 Å². The van der Waals surface area contributed by atoms with Gasteiger partial charge in [-0.1, -0.05) is 37.1 Å². The fraction of sp³-hybridized carbons (Fsp3) is 0.333. The Hall–Kier alpha value is -4.31. The van der Waals surface area contributed by atoms with E-state index in [2.05, 4.69) is 29.3 Å². The number of rotatable bonds is 9. The summed E-state index contributed by atoms with van der Waals surface area (Å²) >= 11 is 0. The van der Waals surface area contributed by atoms with E-state index in [0.29, 0.717) is 23.4 Å². The minimum absolute atomic E-state index is 0.0287. The van der Waals surface area contributed by atoms with Crippen molar-refractivity contribution in [3.05, 3.63) is 89.1 Å². The van der Waals surface area contributed by atoms with E-state index in [1.165, 1.54) is 24.1 Å². The van der Waals surface area contributed by atoms with Gasteiger partial charge in [0.05, 0.1) is 12.0 Å². The molecular weight excluding hydrogens is 566 g/mol. The van der Waals surface area contributed by atoms with Crippen LogP contribution in [0.2, 0.25) is 0 Å². The molecule has 2 amide bonds. The van der Waals surface area contributed by atoms with E-state index < -0.39 is 22.0 Å². The number of ether oxygens (including phenoxy) is 1. The summed E-state index contributed by atoms with van der Waals surface area (Å²) in [6.07, 6.45) is 5.35. The van der Waals surface area contributed by atoms with Crippen molar-refractivity contribution in [2.75, 3.05) is 12.0 Å². The summed E-state index contributed by atoms with van der Waals surface area (Å²) in [5.41, 5.74) is 4.14. The molecule has 1 aromatic heterocycles. The molecule has 1 aliphatic rings. The maximum absolute atomic E-state index is 13.0. The maximum Gasteiger partial charge on any atom is 0.412 e. The molecular formula is C33H37N3O6S. The normalized spacial score (nSPS) is 13.9. The molecule has 1 heterocycles. The lowest BCUT2D eigenvalue weighted by atomic mass is 10.0. The van der Waals surface area contributed by atoms with Crippen LogP contribution in [0.5, 0.6) is 5.75 Å². The third-order valence-corrected chi connectivity index (χ3v) is 9.66. The van der Waals surface area contributed by atoms with Crippen molar-refractivity contribution in [1.82, 2.24) is 9.29 Å². The van der Waals surface area contributed by atoms with E-state index in [-0.39, 0.29) is 22.5 Å². The smallest absolute Gasteiger partial charge is 0.412 e. The largest absolute Gasteiger partial charge is 0.496 e. The summed E-state index contributed by atoms with van der Waals surface area (Å²) in [4.78, 5) is 26.8. The van der Waals surface area contributed by atoms with Gasteiger partial charge >= 0.3 is 6.09 Å². The highest BCUT2D eigenvalue weighted by Crippen LogP contribution is 2.35. The van der Waals surface area contributed by atoms with E-state index in [9.17, 15) is 23.1 Å². The summed E-state index contributed by atoms with van der Waals surface area (Å²) in [6, 6.07) is 17.3. The zero-order valence-electron chi connectivity index (χ0n) is 24.8. The number of carboxylic acid groups (broad SMARTS) is 1. The number of aryl methyl sites for hydroxylation is 1. The molecule has 0 bridgehead atoms. The van der Waals surface area contributed by atoms with Crippen LogP contribution in [0.1, 0.15) is 72.6 Å². The van der Waals surface area contributed by atoms with Crippen molar-refractivity contribution in [3.63, 3.8) is 0 Å². The number of aromatic nitrogens is 1. The summed E-state index contributed by atoms with van der Waals surface area (Å²) in [5.74, 6) is -0.310. The predicted octanol–water partition coefficient (Wildman–Crippen LogP) is 6.68. The molecule has 9 nitrogen and oxygen atoms in total. The van der Waals surface area contributed by atoms with Crippen LogP contribution in [-0.4, -0.2) is 43.2 Å². The van der Waals surface area contributed by atoms with Gasteiger partial charge in [0, 0.05) is 46.9 Å². The van der Waals surface area contributed by atoms with Gasteiger partial charge < -0.3 is 14.4 Å². The molecule has 4 aromatic rings. The molecule has 3 aromatic carbocycles. The predicted molar refractivity (Wildman–Crippen MR) is 167 cm³/mol. The molecule has 226 valence electrons. The zero-order valence-corrected chi connectivity index (χ0v) is 25.6. The van der Waals surface area contributed by atoms with Crippen LogP contribution in [0.3, 0.4) is 0 Å². The van der Waals surface area contributed by atoms with Crippen LogP contribution in [0.25, 0.3) is 10.9 Å². The summed E-state index contributed by atoms with van der Waals surface area (Å²) in [5, 5.41) is 11.0. The van der Waals surface area contributed by atoms with Crippen molar-refractivity contribution in [2.45, 2.75) is 69.9 Å². The Labute approximate surface area is 252 Å². The standard InChI is InChI=1S/C33H37N3O6S/c1-21(2)35-20-25(28-19-27(15-16-29(28)35)36(33(38)39)26-10-6-7-11-26)17-23-13-14-24(18-30(23)42-4)32(37)34-43(40,41)31-12-8-5-9-22(31)3/h5,8-9,12-16,18-21,26H,6-7,10-11,17H2,1-4H3,(H,34,37)(H,38,39). The number of carbonyl (C=O) groups excluding carboxylic acids is 1. The number of methoxy groups -OCH3 is 1. The first-order valence-electron chi connectivity index (χ1n) is 14.5. The van der Waals surface area contributed by atoms with Gasteiger partial charge in [-0.2, -0.15) is 0 Å². The minimum Gasteiger partial charge on any atom is -0.496 e. The van der Waals surface area contributed by atoms with Crippen LogP contribution in [-0.2, 0) is 16.4 Å². The molecule has 0 radical (unpaired) electrons. The van der Waals surface area contributed by atoms with Crippen molar-refractivity contribution in [2.24, 2.45) is 0 Å². The highest BCUT2D eigenvalue weighted by atomic mass is 32.2. The van der Waals surface area contributed by atoms with E-state index >= 15 is 0 Å². The lowest BCUT2D eigenvalue weighted by Gasteiger charge is -2.26. The van der Waals surface area contributed by atoms with Crippen molar-refractivity contribution in [3.8, 4) is 5.75 Å². The summed E-state index contributed by atoms with van der Waals surface area (Å²) in [7, 11) is -2.55. The second kappa shape index (κ2) is 12.1. The molecule has 0 aliphatic heterocycles. The van der Waals surface area contributed by atoms with Gasteiger partial charge in [-0.15, -0.1) is 0 Å². The molecule has 0 atom stereocenters. The average Bonchev–Trinajstić information content (AvgIpc) is 3.61. The van der Waals surface area contributed by atoms with Gasteiger partial charge in [0.1, 0.15) is 5.75 Å². The van der Waals surface area contributed by atoms with Gasteiger partial charge in [-0.25, -0.2) is 17.9 Å².